The van der Waals surface area contributed by atoms with Crippen LogP contribution in [0.15, 0.2) is 71.1 Å². The Bertz CT molecular complexity index is 1480. The topological polar surface area (TPSA) is 115 Å². The number of ether oxygens (including phenoxy) is 1. The number of nitrogens with one attached hydrogen (secondary N) is 1. The van der Waals surface area contributed by atoms with E-state index in [4.69, 9.17) is 9.15 Å². The van der Waals surface area contributed by atoms with Crippen molar-refractivity contribution in [2.24, 2.45) is 0 Å². The third-order valence-corrected chi connectivity index (χ3v) is 5.94. The molecule has 0 bridgehead atoms. The van der Waals surface area contributed by atoms with E-state index in [1.54, 1.807) is 24.3 Å². The van der Waals surface area contributed by atoms with Crippen molar-refractivity contribution in [1.29, 1.82) is 0 Å². The summed E-state index contributed by atoms with van der Waals surface area (Å²) in [5.41, 5.74) is 3.92. The molecule has 5 rings (SSSR count). The van der Waals surface area contributed by atoms with Gasteiger partial charge in [-0.3, -0.25) is 19.3 Å². The number of nitrogens with zero attached hydrogens (tertiary/aromatic N) is 3. The fraction of sp³-hybridized carbons (Fsp3) is 0.148. The third kappa shape index (κ3) is 4.27. The minimum Gasteiger partial charge on any atom is -0.416 e. The molecule has 180 valence electrons. The van der Waals surface area contributed by atoms with E-state index in [0.717, 1.165) is 16.0 Å². The molecule has 0 radical (unpaired) electrons. The molecule has 0 saturated carbocycles. The Balaban J connectivity index is 1.29. The number of carbonyl (C=O) groups excluding carboxylic acids is 3. The van der Waals surface area contributed by atoms with E-state index < -0.39 is 11.8 Å². The van der Waals surface area contributed by atoms with Gasteiger partial charge < -0.3 is 14.5 Å². The molecular weight excluding hydrogens is 460 g/mol. The fourth-order valence-electron chi connectivity index (χ4n) is 3.98. The highest BCUT2D eigenvalue weighted by Gasteiger charge is 2.35. The van der Waals surface area contributed by atoms with Crippen LogP contribution in [-0.4, -0.2) is 53.1 Å². The second kappa shape index (κ2) is 9.55. The first-order valence-electron chi connectivity index (χ1n) is 11.3. The van der Waals surface area contributed by atoms with Crippen LogP contribution in [0.2, 0.25) is 0 Å². The Hall–Kier alpha value is -4.63. The summed E-state index contributed by atoms with van der Waals surface area (Å²) in [6.07, 6.45) is 0. The Labute approximate surface area is 206 Å². The van der Waals surface area contributed by atoms with Gasteiger partial charge in [-0.1, -0.05) is 18.2 Å². The molecule has 36 heavy (non-hydrogen) atoms. The summed E-state index contributed by atoms with van der Waals surface area (Å²) in [7, 11) is 1.50. The Morgan fingerprint density at radius 2 is 1.64 bits per heavy atom. The number of imide groups is 1. The number of carbonyl (C=O) groups is 3. The van der Waals surface area contributed by atoms with Gasteiger partial charge in [-0.15, -0.1) is 10.2 Å². The third-order valence-electron chi connectivity index (χ3n) is 5.94. The van der Waals surface area contributed by atoms with Gasteiger partial charge in [-0.2, -0.15) is 0 Å². The van der Waals surface area contributed by atoms with Gasteiger partial charge in [0.15, 0.2) is 0 Å². The predicted octanol–water partition coefficient (Wildman–Crippen LogP) is 4.21. The summed E-state index contributed by atoms with van der Waals surface area (Å²) in [5, 5.41) is 11.1. The van der Waals surface area contributed by atoms with Crippen molar-refractivity contribution in [3.05, 3.63) is 89.0 Å². The van der Waals surface area contributed by atoms with Gasteiger partial charge in [0.25, 0.3) is 17.7 Å². The number of anilines is 1. The van der Waals surface area contributed by atoms with Crippen LogP contribution in [0.25, 0.3) is 22.9 Å². The van der Waals surface area contributed by atoms with Crippen molar-refractivity contribution in [3.63, 3.8) is 0 Å². The summed E-state index contributed by atoms with van der Waals surface area (Å²) >= 11 is 0. The normalized spacial score (nSPS) is 12.7. The van der Waals surface area contributed by atoms with Crippen LogP contribution in [-0.2, 0) is 4.74 Å². The fourth-order valence-corrected chi connectivity index (χ4v) is 3.98. The molecule has 3 amide bonds. The molecule has 1 aliphatic rings. The Morgan fingerprint density at radius 3 is 2.39 bits per heavy atom. The zero-order valence-corrected chi connectivity index (χ0v) is 19.6. The van der Waals surface area contributed by atoms with E-state index in [1.807, 2.05) is 31.2 Å². The number of amides is 3. The van der Waals surface area contributed by atoms with Crippen LogP contribution in [0.4, 0.5) is 5.69 Å². The van der Waals surface area contributed by atoms with Gasteiger partial charge in [0.1, 0.15) is 0 Å². The Kier molecular flexibility index (Phi) is 6.14. The minimum absolute atomic E-state index is 0.156. The first kappa shape index (κ1) is 23.1. The zero-order chi connectivity index (χ0) is 25.2. The van der Waals surface area contributed by atoms with Crippen LogP contribution in [0.1, 0.15) is 36.6 Å². The molecule has 9 nitrogen and oxygen atoms in total. The molecule has 1 aromatic heterocycles. The highest BCUT2D eigenvalue weighted by atomic mass is 16.5. The molecule has 0 spiro atoms. The van der Waals surface area contributed by atoms with Crippen molar-refractivity contribution in [2.75, 3.05) is 25.6 Å². The number of hydrogen-bond donors (Lipinski definition) is 1. The van der Waals surface area contributed by atoms with Gasteiger partial charge >= 0.3 is 0 Å². The summed E-state index contributed by atoms with van der Waals surface area (Å²) < 4.78 is 10.8. The number of fused-ring (bicyclic) bond motifs is 1. The molecular formula is C27H22N4O5. The molecule has 9 heteroatoms. The lowest BCUT2D eigenvalue weighted by Gasteiger charge is -2.12. The van der Waals surface area contributed by atoms with Gasteiger partial charge in [0.2, 0.25) is 11.8 Å². The monoisotopic (exact) mass is 482 g/mol. The molecule has 2 heterocycles. The van der Waals surface area contributed by atoms with Crippen molar-refractivity contribution in [3.8, 4) is 22.9 Å². The van der Waals surface area contributed by atoms with Gasteiger partial charge in [-0.05, 0) is 61.0 Å². The van der Waals surface area contributed by atoms with E-state index in [1.165, 1.54) is 25.3 Å². The number of methoxy groups -OCH3 is 1. The largest absolute Gasteiger partial charge is 0.416 e. The smallest absolute Gasteiger partial charge is 0.261 e. The van der Waals surface area contributed by atoms with Gasteiger partial charge in [-0.25, -0.2) is 0 Å². The van der Waals surface area contributed by atoms with Crippen molar-refractivity contribution < 1.29 is 23.5 Å². The first-order valence-corrected chi connectivity index (χ1v) is 11.3. The molecule has 0 unspecified atom stereocenters. The van der Waals surface area contributed by atoms with Crippen molar-refractivity contribution >= 4 is 23.4 Å². The zero-order valence-electron chi connectivity index (χ0n) is 19.6. The second-order valence-electron chi connectivity index (χ2n) is 8.27. The molecule has 1 N–H and O–H groups in total. The summed E-state index contributed by atoms with van der Waals surface area (Å²) in [6.45, 7) is 2.37. The van der Waals surface area contributed by atoms with E-state index in [2.05, 4.69) is 15.5 Å². The Morgan fingerprint density at radius 1 is 0.917 bits per heavy atom. The lowest BCUT2D eigenvalue weighted by atomic mass is 10.1. The molecule has 3 aromatic carbocycles. The maximum atomic E-state index is 12.8. The standard InChI is InChI=1S/C27H22N4O5/c1-16-5-3-4-6-20(16)25-30-29-24(36-25)17-7-10-19(11-8-17)28-23(32)18-9-12-21-22(15-18)27(34)31(26(21)33)13-14-35-2/h3-12,15H,13-14H2,1-2H3,(H,28,32). The van der Waals surface area contributed by atoms with E-state index in [0.29, 0.717) is 23.0 Å². The van der Waals surface area contributed by atoms with Crippen LogP contribution in [0.5, 0.6) is 0 Å². The number of rotatable bonds is 7. The average Bonchev–Trinajstić information content (AvgIpc) is 3.47. The summed E-state index contributed by atoms with van der Waals surface area (Å²) in [5.74, 6) is -0.422. The van der Waals surface area contributed by atoms with E-state index in [9.17, 15) is 14.4 Å². The van der Waals surface area contributed by atoms with Crippen molar-refractivity contribution in [1.82, 2.24) is 15.1 Å². The van der Waals surface area contributed by atoms with Crippen LogP contribution in [0.3, 0.4) is 0 Å². The second-order valence-corrected chi connectivity index (χ2v) is 8.27. The quantitative estimate of drug-likeness (QED) is 0.393. The maximum Gasteiger partial charge on any atom is 0.261 e. The molecule has 0 atom stereocenters. The van der Waals surface area contributed by atoms with Gasteiger partial charge in [0.05, 0.1) is 24.3 Å². The number of benzene rings is 3. The molecule has 4 aromatic rings. The van der Waals surface area contributed by atoms with Gasteiger partial charge in [0, 0.05) is 29.5 Å². The average molecular weight is 482 g/mol. The molecule has 0 aliphatic carbocycles. The lowest BCUT2D eigenvalue weighted by molar-refractivity contribution is 0.0603. The number of aryl methyl sites for hydroxylation is 1. The van der Waals surface area contributed by atoms with E-state index in [-0.39, 0.29) is 35.7 Å². The number of aromatic nitrogens is 2. The maximum absolute atomic E-state index is 12.8. The van der Waals surface area contributed by atoms with Crippen molar-refractivity contribution in [2.45, 2.75) is 6.92 Å². The first-order chi connectivity index (χ1) is 17.5. The highest BCUT2D eigenvalue weighted by Crippen LogP contribution is 2.27. The summed E-state index contributed by atoms with van der Waals surface area (Å²) in [4.78, 5) is 39.0. The SMILES string of the molecule is COCCN1C(=O)c2ccc(C(=O)Nc3ccc(-c4nnc(-c5ccccc5C)o4)cc3)cc2C1=O. The van der Waals surface area contributed by atoms with Crippen LogP contribution in [0, 0.1) is 6.92 Å². The van der Waals surface area contributed by atoms with Crippen LogP contribution < -0.4 is 5.32 Å². The predicted molar refractivity (Wildman–Crippen MR) is 132 cm³/mol. The molecule has 0 saturated heterocycles. The molecule has 0 fully saturated rings. The highest BCUT2D eigenvalue weighted by molar-refractivity contribution is 6.22. The molecule has 1 aliphatic heterocycles. The van der Waals surface area contributed by atoms with E-state index >= 15 is 0 Å². The lowest BCUT2D eigenvalue weighted by Crippen LogP contribution is -2.32. The minimum atomic E-state index is -0.435. The van der Waals surface area contributed by atoms with Crippen LogP contribution >= 0.6 is 0 Å². The number of hydrogen-bond acceptors (Lipinski definition) is 7. The summed E-state index contributed by atoms with van der Waals surface area (Å²) in [6, 6.07) is 19.2.